The van der Waals surface area contributed by atoms with Crippen molar-refractivity contribution in [2.24, 2.45) is 16.8 Å². The SMILES string of the molecule is CC1C=C(C(C)C)N=C(C(F)(F)F)C1. The van der Waals surface area contributed by atoms with Gasteiger partial charge < -0.3 is 0 Å². The summed E-state index contributed by atoms with van der Waals surface area (Å²) in [6.07, 6.45) is -2.46. The third kappa shape index (κ3) is 2.59. The highest BCUT2D eigenvalue weighted by Crippen LogP contribution is 2.29. The summed E-state index contributed by atoms with van der Waals surface area (Å²) in [4.78, 5) is 3.66. The Labute approximate surface area is 81.7 Å². The second-order valence-electron chi connectivity index (χ2n) is 3.98. The number of alkyl halides is 3. The maximum Gasteiger partial charge on any atom is 0.429 e. The molecular formula is C10H14F3N. The summed E-state index contributed by atoms with van der Waals surface area (Å²) in [7, 11) is 0. The van der Waals surface area contributed by atoms with Crippen LogP contribution < -0.4 is 0 Å². The minimum Gasteiger partial charge on any atom is -0.253 e. The number of rotatable bonds is 1. The molecule has 1 heterocycles. The van der Waals surface area contributed by atoms with Crippen molar-refractivity contribution in [2.45, 2.75) is 33.4 Å². The van der Waals surface area contributed by atoms with Crippen molar-refractivity contribution in [2.75, 3.05) is 0 Å². The van der Waals surface area contributed by atoms with Crippen LogP contribution in [0.2, 0.25) is 0 Å². The lowest BCUT2D eigenvalue weighted by molar-refractivity contribution is -0.0611. The van der Waals surface area contributed by atoms with Crippen molar-refractivity contribution >= 4 is 5.71 Å². The van der Waals surface area contributed by atoms with Crippen LogP contribution in [0.15, 0.2) is 16.8 Å². The molecule has 1 nitrogen and oxygen atoms in total. The maximum absolute atomic E-state index is 12.4. The topological polar surface area (TPSA) is 12.4 Å². The van der Waals surface area contributed by atoms with Gasteiger partial charge in [0.2, 0.25) is 0 Å². The Kier molecular flexibility index (Phi) is 3.02. The van der Waals surface area contributed by atoms with Crippen LogP contribution in [0, 0.1) is 11.8 Å². The molecule has 1 unspecified atom stereocenters. The molecule has 0 amide bonds. The predicted molar refractivity (Wildman–Crippen MR) is 50.2 cm³/mol. The molecule has 4 heteroatoms. The lowest BCUT2D eigenvalue weighted by atomic mass is 9.96. The molecule has 80 valence electrons. The zero-order valence-corrected chi connectivity index (χ0v) is 8.52. The Morgan fingerprint density at radius 3 is 2.43 bits per heavy atom. The third-order valence-electron chi connectivity index (χ3n) is 2.15. The van der Waals surface area contributed by atoms with Gasteiger partial charge in [-0.2, -0.15) is 13.2 Å². The molecule has 0 bridgehead atoms. The van der Waals surface area contributed by atoms with Crippen molar-refractivity contribution < 1.29 is 13.2 Å². The number of hydrogen-bond donors (Lipinski definition) is 0. The molecule has 1 aliphatic heterocycles. The van der Waals surface area contributed by atoms with Gasteiger partial charge in [0.1, 0.15) is 5.71 Å². The third-order valence-corrected chi connectivity index (χ3v) is 2.15. The van der Waals surface area contributed by atoms with E-state index < -0.39 is 11.9 Å². The van der Waals surface area contributed by atoms with Crippen LogP contribution >= 0.6 is 0 Å². The van der Waals surface area contributed by atoms with E-state index in [-0.39, 0.29) is 18.3 Å². The average Bonchev–Trinajstić information content (AvgIpc) is 2.01. The fraction of sp³-hybridized carbons (Fsp3) is 0.700. The van der Waals surface area contributed by atoms with E-state index in [0.717, 1.165) is 0 Å². The van der Waals surface area contributed by atoms with Gasteiger partial charge in [-0.05, 0) is 11.8 Å². The molecule has 14 heavy (non-hydrogen) atoms. The molecule has 1 rings (SSSR count). The Hall–Kier alpha value is -0.800. The van der Waals surface area contributed by atoms with Gasteiger partial charge >= 0.3 is 6.18 Å². The highest BCUT2D eigenvalue weighted by atomic mass is 19.4. The van der Waals surface area contributed by atoms with E-state index >= 15 is 0 Å². The quantitative estimate of drug-likeness (QED) is 0.620. The van der Waals surface area contributed by atoms with Gasteiger partial charge in [-0.15, -0.1) is 0 Å². The molecule has 1 aliphatic rings. The maximum atomic E-state index is 12.4. The van der Waals surface area contributed by atoms with Crippen LogP contribution in [0.5, 0.6) is 0 Å². The normalized spacial score (nSPS) is 23.5. The monoisotopic (exact) mass is 205 g/mol. The lowest BCUT2D eigenvalue weighted by Crippen LogP contribution is -2.27. The van der Waals surface area contributed by atoms with E-state index in [1.165, 1.54) is 0 Å². The summed E-state index contributed by atoms with van der Waals surface area (Å²) in [6, 6.07) is 0. The van der Waals surface area contributed by atoms with Gasteiger partial charge in [0.15, 0.2) is 0 Å². The van der Waals surface area contributed by atoms with Gasteiger partial charge in [-0.1, -0.05) is 26.8 Å². The van der Waals surface area contributed by atoms with Crippen LogP contribution in [0.1, 0.15) is 27.2 Å². The average molecular weight is 205 g/mol. The largest absolute Gasteiger partial charge is 0.429 e. The van der Waals surface area contributed by atoms with Crippen LogP contribution in [-0.2, 0) is 0 Å². The van der Waals surface area contributed by atoms with E-state index in [9.17, 15) is 13.2 Å². The van der Waals surface area contributed by atoms with E-state index in [1.807, 2.05) is 19.9 Å². The zero-order valence-electron chi connectivity index (χ0n) is 8.52. The molecule has 1 atom stereocenters. The molecule has 0 aromatic rings. The van der Waals surface area contributed by atoms with Crippen LogP contribution in [0.3, 0.4) is 0 Å². The van der Waals surface area contributed by atoms with Gasteiger partial charge in [-0.3, -0.25) is 4.99 Å². The lowest BCUT2D eigenvalue weighted by Gasteiger charge is -2.21. The standard InChI is InChI=1S/C10H14F3N/c1-6(2)8-4-7(3)5-9(14-8)10(11,12)13/h4,6-7H,5H2,1-3H3. The molecule has 0 radical (unpaired) electrons. The minimum absolute atomic E-state index is 0.000278. The van der Waals surface area contributed by atoms with Gasteiger partial charge in [-0.25, -0.2) is 0 Å². The van der Waals surface area contributed by atoms with Crippen molar-refractivity contribution in [3.63, 3.8) is 0 Å². The smallest absolute Gasteiger partial charge is 0.253 e. The Morgan fingerprint density at radius 2 is 2.00 bits per heavy atom. The van der Waals surface area contributed by atoms with Crippen molar-refractivity contribution in [3.05, 3.63) is 11.8 Å². The minimum atomic E-state index is -4.28. The highest BCUT2D eigenvalue weighted by molar-refractivity contribution is 5.91. The zero-order chi connectivity index (χ0) is 10.9. The molecule has 0 saturated carbocycles. The fourth-order valence-electron chi connectivity index (χ4n) is 1.39. The van der Waals surface area contributed by atoms with E-state index in [0.29, 0.717) is 5.70 Å². The van der Waals surface area contributed by atoms with Crippen molar-refractivity contribution in [1.82, 2.24) is 0 Å². The van der Waals surface area contributed by atoms with Gasteiger partial charge in [0.25, 0.3) is 0 Å². The summed E-state index contributed by atoms with van der Waals surface area (Å²) >= 11 is 0. The summed E-state index contributed by atoms with van der Waals surface area (Å²) in [5.41, 5.74) is -0.0905. The second kappa shape index (κ2) is 3.75. The van der Waals surface area contributed by atoms with E-state index in [2.05, 4.69) is 4.99 Å². The summed E-state index contributed by atoms with van der Waals surface area (Å²) in [6.45, 7) is 5.48. The molecule has 0 aromatic carbocycles. The van der Waals surface area contributed by atoms with E-state index in [4.69, 9.17) is 0 Å². The van der Waals surface area contributed by atoms with Gasteiger partial charge in [0.05, 0.1) is 0 Å². The highest BCUT2D eigenvalue weighted by Gasteiger charge is 2.37. The molecule has 0 fully saturated rings. The Morgan fingerprint density at radius 1 is 1.43 bits per heavy atom. The van der Waals surface area contributed by atoms with Crippen LogP contribution in [-0.4, -0.2) is 11.9 Å². The molecule has 0 saturated heterocycles. The second-order valence-corrected chi connectivity index (χ2v) is 3.98. The first-order chi connectivity index (χ1) is 6.30. The predicted octanol–water partition coefficient (Wildman–Crippen LogP) is 3.57. The molecule has 0 aliphatic carbocycles. The summed E-state index contributed by atoms with van der Waals surface area (Å²) in [5, 5.41) is 0. The van der Waals surface area contributed by atoms with Gasteiger partial charge in [0, 0.05) is 12.1 Å². The number of nitrogens with zero attached hydrogens (tertiary/aromatic N) is 1. The number of allylic oxidation sites excluding steroid dienone is 2. The van der Waals surface area contributed by atoms with E-state index in [1.54, 1.807) is 6.92 Å². The number of aliphatic imine (C=N–C) groups is 1. The van der Waals surface area contributed by atoms with Crippen LogP contribution in [0.4, 0.5) is 13.2 Å². The Balaban J connectivity index is 2.95. The molecule has 0 N–H and O–H groups in total. The number of hydrogen-bond acceptors (Lipinski definition) is 1. The first-order valence-electron chi connectivity index (χ1n) is 4.67. The molecular weight excluding hydrogens is 191 g/mol. The number of halogens is 3. The molecule has 0 aromatic heterocycles. The summed E-state index contributed by atoms with van der Waals surface area (Å²) < 4.78 is 37.2. The Bertz CT molecular complexity index is 274. The van der Waals surface area contributed by atoms with Crippen LogP contribution in [0.25, 0.3) is 0 Å². The van der Waals surface area contributed by atoms with Crippen molar-refractivity contribution in [3.8, 4) is 0 Å². The first-order valence-corrected chi connectivity index (χ1v) is 4.67. The first kappa shape index (κ1) is 11.3. The van der Waals surface area contributed by atoms with Crippen molar-refractivity contribution in [1.29, 1.82) is 0 Å². The fourth-order valence-corrected chi connectivity index (χ4v) is 1.39. The summed E-state index contributed by atoms with van der Waals surface area (Å²) in [5.74, 6) is -0.0170. The molecule has 0 spiro atoms.